The van der Waals surface area contributed by atoms with Crippen molar-refractivity contribution in [2.24, 2.45) is 0 Å². The van der Waals surface area contributed by atoms with Crippen LogP contribution in [-0.2, 0) is 13.9 Å². The van der Waals surface area contributed by atoms with Crippen molar-refractivity contribution in [1.82, 2.24) is 15.0 Å². The maximum atomic E-state index is 11.6. The highest BCUT2D eigenvalue weighted by Gasteiger charge is 2.45. The Morgan fingerprint density at radius 2 is 2.20 bits per heavy atom. The third kappa shape index (κ3) is 2.99. The minimum absolute atomic E-state index is 0.00503. The van der Waals surface area contributed by atoms with E-state index in [9.17, 15) is 19.6 Å². The van der Waals surface area contributed by atoms with Gasteiger partial charge in [0.15, 0.2) is 12.5 Å². The monoisotopic (exact) mass is 307 g/mol. The van der Waals surface area contributed by atoms with Gasteiger partial charge >= 0.3 is 13.9 Å². The van der Waals surface area contributed by atoms with Crippen LogP contribution in [0.1, 0.15) is 6.23 Å². The SMILES string of the molecule is Nc1ccn([C@@H]2O[C@H](NO[P+](=O)O)[C@@H](O)[C@H]2O)c(=O)n1. The van der Waals surface area contributed by atoms with Gasteiger partial charge in [-0.2, -0.15) is 4.98 Å². The number of rotatable bonds is 4. The van der Waals surface area contributed by atoms with Gasteiger partial charge in [0.05, 0.1) is 0 Å². The highest BCUT2D eigenvalue weighted by Crippen LogP contribution is 2.28. The molecule has 1 aliphatic rings. The average molecular weight is 307 g/mol. The lowest BCUT2D eigenvalue weighted by Gasteiger charge is -2.16. The molecule has 0 aliphatic carbocycles. The first-order chi connectivity index (χ1) is 9.40. The predicted octanol–water partition coefficient (Wildman–Crippen LogP) is -2.43. The quantitative estimate of drug-likeness (QED) is 0.298. The first-order valence-corrected chi connectivity index (χ1v) is 6.48. The second-order valence-corrected chi connectivity index (χ2v) is 4.58. The zero-order chi connectivity index (χ0) is 14.9. The van der Waals surface area contributed by atoms with Gasteiger partial charge in [0.1, 0.15) is 18.0 Å². The highest BCUT2D eigenvalue weighted by atomic mass is 31.1. The molecule has 1 aliphatic heterocycles. The molecule has 5 atom stereocenters. The number of aliphatic hydroxyl groups is 2. The minimum Gasteiger partial charge on any atom is -0.386 e. The summed E-state index contributed by atoms with van der Waals surface area (Å²) < 4.78 is 20.6. The Hall–Kier alpha value is -1.46. The largest absolute Gasteiger partial charge is 0.713 e. The summed E-state index contributed by atoms with van der Waals surface area (Å²) >= 11 is 0. The van der Waals surface area contributed by atoms with E-state index in [0.717, 1.165) is 4.57 Å². The van der Waals surface area contributed by atoms with Crippen molar-refractivity contribution in [3.63, 3.8) is 0 Å². The van der Waals surface area contributed by atoms with Crippen LogP contribution in [0, 0.1) is 0 Å². The fourth-order valence-corrected chi connectivity index (χ4v) is 1.90. The molecule has 0 bridgehead atoms. The van der Waals surface area contributed by atoms with Gasteiger partial charge in [-0.1, -0.05) is 0 Å². The summed E-state index contributed by atoms with van der Waals surface area (Å²) in [6, 6.07) is 1.31. The lowest BCUT2D eigenvalue weighted by Crippen LogP contribution is -2.40. The Morgan fingerprint density at radius 3 is 2.80 bits per heavy atom. The number of nitrogen functional groups attached to an aromatic ring is 1. The smallest absolute Gasteiger partial charge is 0.386 e. The van der Waals surface area contributed by atoms with Gasteiger partial charge in [-0.05, 0) is 10.7 Å². The van der Waals surface area contributed by atoms with Crippen LogP contribution < -0.4 is 16.9 Å². The van der Waals surface area contributed by atoms with E-state index in [1.807, 2.05) is 5.48 Å². The molecule has 1 saturated heterocycles. The molecule has 0 spiro atoms. The molecule has 2 heterocycles. The van der Waals surface area contributed by atoms with Crippen LogP contribution in [0.3, 0.4) is 0 Å². The average Bonchev–Trinajstić information content (AvgIpc) is 2.64. The zero-order valence-electron chi connectivity index (χ0n) is 9.86. The second kappa shape index (κ2) is 5.89. The third-order valence-electron chi connectivity index (χ3n) is 2.61. The van der Waals surface area contributed by atoms with E-state index in [4.69, 9.17) is 15.4 Å². The predicted molar refractivity (Wildman–Crippen MR) is 62.9 cm³/mol. The molecule has 1 aromatic heterocycles. The molecule has 1 fully saturated rings. The summed E-state index contributed by atoms with van der Waals surface area (Å²) in [5.74, 6) is -0.00503. The van der Waals surface area contributed by atoms with Crippen molar-refractivity contribution in [3.8, 4) is 0 Å². The van der Waals surface area contributed by atoms with Crippen LogP contribution in [0.4, 0.5) is 5.82 Å². The number of nitrogens with zero attached hydrogens (tertiary/aromatic N) is 2. The molecule has 0 radical (unpaired) electrons. The Kier molecular flexibility index (Phi) is 4.40. The van der Waals surface area contributed by atoms with Crippen LogP contribution in [0.2, 0.25) is 0 Å². The number of anilines is 1. The van der Waals surface area contributed by atoms with E-state index in [2.05, 4.69) is 9.61 Å². The highest BCUT2D eigenvalue weighted by molar-refractivity contribution is 7.32. The van der Waals surface area contributed by atoms with E-state index >= 15 is 0 Å². The molecule has 11 nitrogen and oxygen atoms in total. The number of hydrogen-bond donors (Lipinski definition) is 5. The molecule has 12 heteroatoms. The normalized spacial score (nSPS) is 30.4. The number of aromatic nitrogens is 2. The molecule has 6 N–H and O–H groups in total. The summed E-state index contributed by atoms with van der Waals surface area (Å²) in [6.07, 6.45) is -4.27. The van der Waals surface area contributed by atoms with Crippen molar-refractivity contribution < 1.29 is 29.0 Å². The lowest BCUT2D eigenvalue weighted by atomic mass is 10.2. The fraction of sp³-hybridized carbons (Fsp3) is 0.500. The number of nitrogens with one attached hydrogen (secondary N) is 1. The molecule has 1 unspecified atom stereocenters. The van der Waals surface area contributed by atoms with Crippen molar-refractivity contribution in [3.05, 3.63) is 22.7 Å². The number of hydroxylamine groups is 1. The molecule has 0 saturated carbocycles. The first kappa shape index (κ1) is 14.9. The molecule has 0 amide bonds. The number of hydrogen-bond acceptors (Lipinski definition) is 9. The van der Waals surface area contributed by atoms with Gasteiger partial charge in [-0.15, -0.1) is 10.4 Å². The van der Waals surface area contributed by atoms with Crippen molar-refractivity contribution >= 4 is 14.1 Å². The van der Waals surface area contributed by atoms with Crippen LogP contribution >= 0.6 is 8.25 Å². The number of ether oxygens (including phenoxy) is 1. The van der Waals surface area contributed by atoms with Crippen LogP contribution in [0.15, 0.2) is 17.1 Å². The molecule has 0 aromatic carbocycles. The first-order valence-electron chi connectivity index (χ1n) is 5.35. The van der Waals surface area contributed by atoms with Crippen molar-refractivity contribution in [2.45, 2.75) is 24.7 Å². The van der Waals surface area contributed by atoms with Gasteiger partial charge in [0.2, 0.25) is 0 Å². The summed E-state index contributed by atoms with van der Waals surface area (Å²) in [4.78, 5) is 23.5. The van der Waals surface area contributed by atoms with E-state index in [1.54, 1.807) is 0 Å². The minimum atomic E-state index is -2.96. The van der Waals surface area contributed by atoms with Gasteiger partial charge < -0.3 is 20.7 Å². The second-order valence-electron chi connectivity index (χ2n) is 3.92. The summed E-state index contributed by atoms with van der Waals surface area (Å²) in [5.41, 5.74) is 6.51. The van der Waals surface area contributed by atoms with Gasteiger partial charge in [-0.3, -0.25) is 4.57 Å². The van der Waals surface area contributed by atoms with E-state index in [0.29, 0.717) is 0 Å². The van der Waals surface area contributed by atoms with Gasteiger partial charge in [0, 0.05) is 10.8 Å². The summed E-state index contributed by atoms with van der Waals surface area (Å²) in [7, 11) is -2.96. The Morgan fingerprint density at radius 1 is 1.50 bits per heavy atom. The van der Waals surface area contributed by atoms with E-state index < -0.39 is 38.6 Å². The van der Waals surface area contributed by atoms with Crippen LogP contribution in [0.5, 0.6) is 0 Å². The Balaban J connectivity index is 2.17. The maximum Gasteiger partial charge on any atom is 0.713 e. The number of nitrogens with two attached hydrogens (primary N) is 1. The third-order valence-corrected chi connectivity index (χ3v) is 2.87. The number of aliphatic hydroxyl groups excluding tert-OH is 2. The van der Waals surface area contributed by atoms with Gasteiger partial charge in [0.25, 0.3) is 0 Å². The van der Waals surface area contributed by atoms with E-state index in [-0.39, 0.29) is 5.82 Å². The molecular weight excluding hydrogens is 295 g/mol. The Bertz CT molecular complexity index is 566. The standard InChI is InChI=1S/C8H11N4O7P/c9-3-1-2-12(8(15)10-3)7-5(14)4(13)6(18-7)11-19-20(16)17/h1-2,4-7,11,13-14H,(H2-,9,10,15,16,17)/p+1/t4-,5+,6-,7+/m0/s1. The lowest BCUT2D eigenvalue weighted by molar-refractivity contribution is -0.0888. The molecular formula is C8H12N4O7P+. The molecule has 2 rings (SSSR count). The van der Waals surface area contributed by atoms with E-state index in [1.165, 1.54) is 12.3 Å². The van der Waals surface area contributed by atoms with Crippen LogP contribution in [0.25, 0.3) is 0 Å². The summed E-state index contributed by atoms with van der Waals surface area (Å²) in [6.45, 7) is 0. The maximum absolute atomic E-state index is 11.6. The van der Waals surface area contributed by atoms with Gasteiger partial charge in [-0.25, -0.2) is 4.79 Å². The topological polar surface area (TPSA) is 169 Å². The molecule has 1 aromatic rings. The molecule has 20 heavy (non-hydrogen) atoms. The molecule has 110 valence electrons. The zero-order valence-corrected chi connectivity index (χ0v) is 10.8. The van der Waals surface area contributed by atoms with Crippen molar-refractivity contribution in [1.29, 1.82) is 0 Å². The fourth-order valence-electron chi connectivity index (χ4n) is 1.70. The van der Waals surface area contributed by atoms with Crippen molar-refractivity contribution in [2.75, 3.05) is 5.73 Å². The van der Waals surface area contributed by atoms with Crippen LogP contribution in [-0.4, -0.2) is 43.1 Å². The Labute approximate surface area is 112 Å². The summed E-state index contributed by atoms with van der Waals surface area (Å²) in [5, 5.41) is 19.5.